The minimum Gasteiger partial charge on any atom is -0.469 e. The number of methoxy groups -OCH3 is 1. The van der Waals surface area contributed by atoms with Crippen molar-refractivity contribution in [3.63, 3.8) is 0 Å². The number of carbonyl (C=O) groups is 1. The second-order valence-electron chi connectivity index (χ2n) is 4.06. The van der Waals surface area contributed by atoms with E-state index >= 15 is 0 Å². The van der Waals surface area contributed by atoms with E-state index in [0.717, 1.165) is 39.0 Å². The van der Waals surface area contributed by atoms with E-state index in [4.69, 9.17) is 4.74 Å². The van der Waals surface area contributed by atoms with E-state index in [9.17, 15) is 4.79 Å². The summed E-state index contributed by atoms with van der Waals surface area (Å²) in [5.41, 5.74) is 0. The SMILES string of the molecule is COC(=O)CCCNCCCCOC(C)C. The summed E-state index contributed by atoms with van der Waals surface area (Å²) in [7, 11) is 1.42. The summed E-state index contributed by atoms with van der Waals surface area (Å²) in [6, 6.07) is 0. The van der Waals surface area contributed by atoms with Crippen LogP contribution in [0.5, 0.6) is 0 Å². The first-order valence-corrected chi connectivity index (χ1v) is 6.06. The monoisotopic (exact) mass is 231 g/mol. The summed E-state index contributed by atoms with van der Waals surface area (Å²) in [5.74, 6) is -0.132. The molecule has 4 nitrogen and oxygen atoms in total. The molecule has 0 heterocycles. The Morgan fingerprint density at radius 1 is 1.19 bits per heavy atom. The van der Waals surface area contributed by atoms with Gasteiger partial charge in [-0.05, 0) is 46.2 Å². The quantitative estimate of drug-likeness (QED) is 0.459. The van der Waals surface area contributed by atoms with Crippen molar-refractivity contribution < 1.29 is 14.3 Å². The number of ether oxygens (including phenoxy) is 2. The molecule has 0 aromatic heterocycles. The molecule has 0 amide bonds. The van der Waals surface area contributed by atoms with E-state index in [1.807, 2.05) is 13.8 Å². The average molecular weight is 231 g/mol. The predicted molar refractivity (Wildman–Crippen MR) is 64.4 cm³/mol. The lowest BCUT2D eigenvalue weighted by atomic mass is 10.3. The van der Waals surface area contributed by atoms with Gasteiger partial charge in [-0.2, -0.15) is 0 Å². The van der Waals surface area contributed by atoms with Gasteiger partial charge >= 0.3 is 5.97 Å². The molecule has 0 aliphatic rings. The van der Waals surface area contributed by atoms with Crippen molar-refractivity contribution in [1.82, 2.24) is 5.32 Å². The molecule has 4 heteroatoms. The average Bonchev–Trinajstić information content (AvgIpc) is 2.26. The maximum absolute atomic E-state index is 10.8. The predicted octanol–water partition coefficient (Wildman–Crippen LogP) is 1.73. The Kier molecular flexibility index (Phi) is 10.5. The van der Waals surface area contributed by atoms with Crippen molar-refractivity contribution in [3.8, 4) is 0 Å². The fourth-order valence-electron chi connectivity index (χ4n) is 1.26. The summed E-state index contributed by atoms with van der Waals surface area (Å²) in [6.07, 6.45) is 3.87. The first-order chi connectivity index (χ1) is 7.66. The van der Waals surface area contributed by atoms with Gasteiger partial charge in [-0.3, -0.25) is 4.79 Å². The van der Waals surface area contributed by atoms with Gasteiger partial charge in [-0.15, -0.1) is 0 Å². The molecular weight excluding hydrogens is 206 g/mol. The first kappa shape index (κ1) is 15.4. The van der Waals surface area contributed by atoms with Gasteiger partial charge in [0.15, 0.2) is 0 Å². The molecule has 0 unspecified atom stereocenters. The molecule has 0 atom stereocenters. The highest BCUT2D eigenvalue weighted by Crippen LogP contribution is 1.94. The van der Waals surface area contributed by atoms with Crippen LogP contribution in [0.15, 0.2) is 0 Å². The summed E-state index contributed by atoms with van der Waals surface area (Å²) >= 11 is 0. The number of hydrogen-bond donors (Lipinski definition) is 1. The van der Waals surface area contributed by atoms with Gasteiger partial charge in [0.25, 0.3) is 0 Å². The van der Waals surface area contributed by atoms with Crippen LogP contribution in [0.25, 0.3) is 0 Å². The highest BCUT2D eigenvalue weighted by molar-refractivity contribution is 5.68. The molecule has 0 rings (SSSR count). The molecular formula is C12H25NO3. The molecule has 0 spiro atoms. The number of nitrogens with one attached hydrogen (secondary N) is 1. The maximum atomic E-state index is 10.8. The fourth-order valence-corrected chi connectivity index (χ4v) is 1.26. The molecule has 0 aromatic carbocycles. The highest BCUT2D eigenvalue weighted by Gasteiger charge is 1.98. The van der Waals surface area contributed by atoms with Crippen LogP contribution in [-0.4, -0.2) is 38.9 Å². The molecule has 0 aromatic rings. The zero-order valence-electron chi connectivity index (χ0n) is 10.8. The lowest BCUT2D eigenvalue weighted by molar-refractivity contribution is -0.140. The lowest BCUT2D eigenvalue weighted by Crippen LogP contribution is -2.18. The Bertz CT molecular complexity index is 172. The molecule has 96 valence electrons. The summed E-state index contributed by atoms with van der Waals surface area (Å²) < 4.78 is 9.98. The third-order valence-corrected chi connectivity index (χ3v) is 2.16. The van der Waals surface area contributed by atoms with Crippen molar-refractivity contribution in [3.05, 3.63) is 0 Å². The van der Waals surface area contributed by atoms with Crippen molar-refractivity contribution in [2.45, 2.75) is 45.6 Å². The Labute approximate surface area is 98.7 Å². The molecule has 0 saturated heterocycles. The van der Waals surface area contributed by atoms with Crippen LogP contribution in [-0.2, 0) is 14.3 Å². The van der Waals surface area contributed by atoms with E-state index in [1.165, 1.54) is 7.11 Å². The maximum Gasteiger partial charge on any atom is 0.305 e. The largest absolute Gasteiger partial charge is 0.469 e. The summed E-state index contributed by atoms with van der Waals surface area (Å²) in [6.45, 7) is 6.79. The van der Waals surface area contributed by atoms with Gasteiger partial charge in [0.1, 0.15) is 0 Å². The lowest BCUT2D eigenvalue weighted by Gasteiger charge is -2.07. The second kappa shape index (κ2) is 10.9. The van der Waals surface area contributed by atoms with Crippen LogP contribution in [0, 0.1) is 0 Å². The minimum absolute atomic E-state index is 0.132. The molecule has 1 N–H and O–H groups in total. The Morgan fingerprint density at radius 3 is 2.50 bits per heavy atom. The van der Waals surface area contributed by atoms with Crippen LogP contribution >= 0.6 is 0 Å². The van der Waals surface area contributed by atoms with E-state index in [1.54, 1.807) is 0 Å². The second-order valence-corrected chi connectivity index (χ2v) is 4.06. The third-order valence-electron chi connectivity index (χ3n) is 2.16. The van der Waals surface area contributed by atoms with Crippen LogP contribution < -0.4 is 5.32 Å². The van der Waals surface area contributed by atoms with Gasteiger partial charge in [0.2, 0.25) is 0 Å². The number of unbranched alkanes of at least 4 members (excludes halogenated alkanes) is 1. The van der Waals surface area contributed by atoms with Crippen molar-refractivity contribution in [2.75, 3.05) is 26.8 Å². The van der Waals surface area contributed by atoms with Crippen molar-refractivity contribution >= 4 is 5.97 Å². The van der Waals surface area contributed by atoms with Gasteiger partial charge in [-0.1, -0.05) is 0 Å². The van der Waals surface area contributed by atoms with Crippen LogP contribution in [0.4, 0.5) is 0 Å². The van der Waals surface area contributed by atoms with E-state index in [-0.39, 0.29) is 5.97 Å². The molecule has 0 saturated carbocycles. The zero-order chi connectivity index (χ0) is 12.2. The Balaban J connectivity index is 3.01. The third kappa shape index (κ3) is 11.5. The smallest absolute Gasteiger partial charge is 0.305 e. The van der Waals surface area contributed by atoms with Crippen LogP contribution in [0.1, 0.15) is 39.5 Å². The number of rotatable bonds is 10. The van der Waals surface area contributed by atoms with Crippen molar-refractivity contribution in [1.29, 1.82) is 0 Å². The number of hydrogen-bond acceptors (Lipinski definition) is 4. The number of carbonyl (C=O) groups excluding carboxylic acids is 1. The topological polar surface area (TPSA) is 47.6 Å². The van der Waals surface area contributed by atoms with Gasteiger partial charge in [-0.25, -0.2) is 0 Å². The Hall–Kier alpha value is -0.610. The van der Waals surface area contributed by atoms with Crippen LogP contribution in [0.3, 0.4) is 0 Å². The fraction of sp³-hybridized carbons (Fsp3) is 0.917. The first-order valence-electron chi connectivity index (χ1n) is 6.06. The van der Waals surface area contributed by atoms with E-state index in [0.29, 0.717) is 12.5 Å². The molecule has 0 aliphatic heterocycles. The summed E-state index contributed by atoms with van der Waals surface area (Å²) in [5, 5.41) is 3.29. The summed E-state index contributed by atoms with van der Waals surface area (Å²) in [4.78, 5) is 10.8. The standard InChI is InChI=1S/C12H25NO3/c1-11(2)16-10-5-4-8-13-9-6-7-12(14)15-3/h11,13H,4-10H2,1-3H3. The molecule has 0 fully saturated rings. The minimum atomic E-state index is -0.132. The normalized spacial score (nSPS) is 10.8. The zero-order valence-corrected chi connectivity index (χ0v) is 10.8. The van der Waals surface area contributed by atoms with Gasteiger partial charge in [0, 0.05) is 13.0 Å². The molecule has 0 bridgehead atoms. The van der Waals surface area contributed by atoms with Gasteiger partial charge < -0.3 is 14.8 Å². The van der Waals surface area contributed by atoms with Crippen LogP contribution in [0.2, 0.25) is 0 Å². The Morgan fingerprint density at radius 2 is 1.88 bits per heavy atom. The highest BCUT2D eigenvalue weighted by atomic mass is 16.5. The van der Waals surface area contributed by atoms with Crippen molar-refractivity contribution in [2.24, 2.45) is 0 Å². The van der Waals surface area contributed by atoms with Gasteiger partial charge in [0.05, 0.1) is 13.2 Å². The van der Waals surface area contributed by atoms with E-state index < -0.39 is 0 Å². The molecule has 0 aliphatic carbocycles. The van der Waals surface area contributed by atoms with E-state index in [2.05, 4.69) is 10.1 Å². The molecule has 0 radical (unpaired) electrons. The number of esters is 1. The molecule has 16 heavy (non-hydrogen) atoms.